The lowest BCUT2D eigenvalue weighted by molar-refractivity contribution is -0.111. The second-order valence-corrected chi connectivity index (χ2v) is 9.77. The molecule has 0 fully saturated rings. The van der Waals surface area contributed by atoms with Gasteiger partial charge in [0.2, 0.25) is 0 Å². The van der Waals surface area contributed by atoms with Crippen molar-refractivity contribution in [1.29, 1.82) is 5.26 Å². The largest absolute Gasteiger partial charge is 0.321 e. The molecule has 1 heterocycles. The lowest BCUT2D eigenvalue weighted by Gasteiger charge is -2.07. The van der Waals surface area contributed by atoms with E-state index < -0.39 is 17.3 Å². The maximum absolute atomic E-state index is 14.8. The number of benzene rings is 3. The Morgan fingerprint density at radius 3 is 2.57 bits per heavy atom. The SMILES string of the molecule is CCCCc1ccc(NC(=O)/C(C#N)=c2/s/c(=C\c3cccc(Cl)c3)c(=O)n2-c2ccccc2F)cc1. The Labute approximate surface area is 222 Å². The Hall–Kier alpha value is -3.99. The molecule has 8 heteroatoms. The maximum atomic E-state index is 14.8. The highest BCUT2D eigenvalue weighted by Crippen LogP contribution is 2.15. The molecule has 37 heavy (non-hydrogen) atoms. The predicted molar refractivity (Wildman–Crippen MR) is 147 cm³/mol. The van der Waals surface area contributed by atoms with Gasteiger partial charge >= 0.3 is 0 Å². The summed E-state index contributed by atoms with van der Waals surface area (Å²) in [6.07, 6.45) is 4.69. The molecule has 0 spiro atoms. The Balaban J connectivity index is 1.86. The first-order chi connectivity index (χ1) is 17.9. The highest BCUT2D eigenvalue weighted by molar-refractivity contribution is 7.07. The van der Waals surface area contributed by atoms with Crippen molar-refractivity contribution >= 4 is 46.2 Å². The van der Waals surface area contributed by atoms with Gasteiger partial charge in [-0.2, -0.15) is 5.26 Å². The topological polar surface area (TPSA) is 74.9 Å². The minimum atomic E-state index is -0.690. The van der Waals surface area contributed by atoms with Crippen molar-refractivity contribution in [3.05, 3.63) is 114 Å². The van der Waals surface area contributed by atoms with Crippen LogP contribution in [0.4, 0.5) is 10.1 Å². The fraction of sp³-hybridized carbons (Fsp3) is 0.138. The number of thiazole rings is 1. The summed E-state index contributed by atoms with van der Waals surface area (Å²) in [5.74, 6) is -1.34. The molecule has 0 atom stereocenters. The summed E-state index contributed by atoms with van der Waals surface area (Å²) >= 11 is 7.02. The van der Waals surface area contributed by atoms with E-state index in [9.17, 15) is 19.2 Å². The summed E-state index contributed by atoms with van der Waals surface area (Å²) in [4.78, 5) is 26.6. The fourth-order valence-electron chi connectivity index (χ4n) is 3.77. The number of nitriles is 1. The minimum absolute atomic E-state index is 0.0305. The van der Waals surface area contributed by atoms with Crippen molar-refractivity contribution in [2.75, 3.05) is 5.32 Å². The van der Waals surface area contributed by atoms with Gasteiger partial charge in [-0.1, -0.05) is 61.3 Å². The van der Waals surface area contributed by atoms with Gasteiger partial charge in [0.15, 0.2) is 5.57 Å². The number of nitrogens with zero attached hydrogens (tertiary/aromatic N) is 2. The van der Waals surface area contributed by atoms with E-state index >= 15 is 0 Å². The minimum Gasteiger partial charge on any atom is -0.321 e. The van der Waals surface area contributed by atoms with Crippen molar-refractivity contribution in [1.82, 2.24) is 4.57 Å². The van der Waals surface area contributed by atoms with Crippen LogP contribution in [0.2, 0.25) is 5.02 Å². The number of rotatable bonds is 7. The normalized spacial score (nSPS) is 12.2. The highest BCUT2D eigenvalue weighted by Gasteiger charge is 2.19. The average Bonchev–Trinajstić information content (AvgIpc) is 3.19. The summed E-state index contributed by atoms with van der Waals surface area (Å²) in [6.45, 7) is 2.12. The van der Waals surface area contributed by atoms with Gasteiger partial charge in [0.25, 0.3) is 11.5 Å². The van der Waals surface area contributed by atoms with Gasteiger partial charge in [-0.3, -0.25) is 14.2 Å². The van der Waals surface area contributed by atoms with Crippen LogP contribution in [0.3, 0.4) is 0 Å². The Morgan fingerprint density at radius 2 is 1.89 bits per heavy atom. The predicted octanol–water partition coefficient (Wildman–Crippen LogP) is 5.18. The molecule has 5 nitrogen and oxygen atoms in total. The van der Waals surface area contributed by atoms with Gasteiger partial charge < -0.3 is 5.32 Å². The first-order valence-corrected chi connectivity index (χ1v) is 12.9. The molecule has 0 saturated carbocycles. The number of hydrogen-bond donors (Lipinski definition) is 1. The third-order valence-electron chi connectivity index (χ3n) is 5.65. The van der Waals surface area contributed by atoms with Crippen LogP contribution in [-0.4, -0.2) is 10.5 Å². The molecule has 0 saturated heterocycles. The van der Waals surface area contributed by atoms with Crippen LogP contribution >= 0.6 is 22.9 Å². The van der Waals surface area contributed by atoms with Gasteiger partial charge in [-0.05, 0) is 66.4 Å². The first kappa shape index (κ1) is 26.1. The van der Waals surface area contributed by atoms with Crippen LogP contribution in [-0.2, 0) is 11.2 Å². The number of halogens is 2. The zero-order chi connectivity index (χ0) is 26.4. The molecule has 0 aliphatic heterocycles. The molecule has 0 radical (unpaired) electrons. The number of amides is 1. The van der Waals surface area contributed by atoms with E-state index in [0.717, 1.165) is 40.7 Å². The number of nitrogens with one attached hydrogen (secondary N) is 1. The fourth-order valence-corrected chi connectivity index (χ4v) is 5.07. The Kier molecular flexibility index (Phi) is 8.34. The number of para-hydroxylation sites is 1. The Morgan fingerprint density at radius 1 is 1.14 bits per heavy atom. The molecule has 0 bridgehead atoms. The van der Waals surface area contributed by atoms with Crippen LogP contribution in [0, 0.1) is 17.1 Å². The number of carbonyl (C=O) groups is 1. The van der Waals surface area contributed by atoms with Gasteiger partial charge in [-0.25, -0.2) is 4.39 Å². The Bertz CT molecular complexity index is 1670. The highest BCUT2D eigenvalue weighted by atomic mass is 35.5. The summed E-state index contributed by atoms with van der Waals surface area (Å²) < 4.78 is 16.1. The van der Waals surface area contributed by atoms with Crippen molar-refractivity contribution in [3.8, 4) is 11.8 Å². The van der Waals surface area contributed by atoms with Gasteiger partial charge in [0.1, 0.15) is 16.5 Å². The van der Waals surface area contributed by atoms with E-state index in [-0.39, 0.29) is 20.5 Å². The molecule has 186 valence electrons. The zero-order valence-electron chi connectivity index (χ0n) is 20.0. The number of aryl methyl sites for hydroxylation is 1. The van der Waals surface area contributed by atoms with Crippen LogP contribution in [0.25, 0.3) is 17.3 Å². The molecule has 0 aliphatic carbocycles. The molecular weight excluding hydrogens is 509 g/mol. The summed E-state index contributed by atoms with van der Waals surface area (Å²) in [6, 6.07) is 21.9. The quantitative estimate of drug-likeness (QED) is 0.357. The van der Waals surface area contributed by atoms with Crippen LogP contribution in [0.1, 0.15) is 30.9 Å². The first-order valence-electron chi connectivity index (χ1n) is 11.7. The average molecular weight is 532 g/mol. The third kappa shape index (κ3) is 6.05. The number of anilines is 1. The monoisotopic (exact) mass is 531 g/mol. The second kappa shape index (κ2) is 11.8. The molecule has 0 aliphatic rings. The maximum Gasteiger partial charge on any atom is 0.273 e. The van der Waals surface area contributed by atoms with E-state index in [1.54, 1.807) is 48.5 Å². The number of carbonyl (C=O) groups excluding carboxylic acids is 1. The summed E-state index contributed by atoms with van der Waals surface area (Å²) in [5, 5.41) is 13.2. The number of aromatic nitrogens is 1. The van der Waals surface area contributed by atoms with Crippen molar-refractivity contribution in [2.45, 2.75) is 26.2 Å². The van der Waals surface area contributed by atoms with Crippen molar-refractivity contribution in [3.63, 3.8) is 0 Å². The van der Waals surface area contributed by atoms with E-state index in [0.29, 0.717) is 16.3 Å². The lowest BCUT2D eigenvalue weighted by Crippen LogP contribution is -2.32. The molecular formula is C29H23ClFN3O2S. The molecule has 3 aromatic carbocycles. The van der Waals surface area contributed by atoms with E-state index in [1.165, 1.54) is 18.2 Å². The standard InChI is InChI=1S/C29H23ClFN3O2S/c1-2-3-7-19-12-14-22(15-13-19)33-27(35)23(18-32)29-34(25-11-5-4-10-24(25)31)28(36)26(37-29)17-20-8-6-9-21(30)16-20/h4-6,8-17H,2-3,7H2,1H3,(H,33,35)/b26-17-,29-23+. The molecule has 1 N–H and O–H groups in total. The smallest absolute Gasteiger partial charge is 0.273 e. The van der Waals surface area contributed by atoms with Gasteiger partial charge in [0, 0.05) is 10.7 Å². The number of unbranched alkanes of at least 4 members (excludes halogenated alkanes) is 1. The molecule has 1 amide bonds. The third-order valence-corrected chi connectivity index (χ3v) is 6.97. The zero-order valence-corrected chi connectivity index (χ0v) is 21.6. The number of hydrogen-bond acceptors (Lipinski definition) is 4. The molecule has 0 unspecified atom stereocenters. The van der Waals surface area contributed by atoms with Crippen LogP contribution in [0.5, 0.6) is 0 Å². The van der Waals surface area contributed by atoms with E-state index in [2.05, 4.69) is 12.2 Å². The molecule has 4 rings (SSSR count). The van der Waals surface area contributed by atoms with Crippen molar-refractivity contribution < 1.29 is 9.18 Å². The summed E-state index contributed by atoms with van der Waals surface area (Å²) in [5.41, 5.74) is 1.42. The van der Waals surface area contributed by atoms with Gasteiger partial charge in [-0.15, -0.1) is 11.3 Å². The van der Waals surface area contributed by atoms with Gasteiger partial charge in [0.05, 0.1) is 10.2 Å². The van der Waals surface area contributed by atoms with E-state index in [4.69, 9.17) is 11.6 Å². The molecule has 4 aromatic rings. The second-order valence-electron chi connectivity index (χ2n) is 8.30. The van der Waals surface area contributed by atoms with Crippen LogP contribution < -0.4 is 20.1 Å². The van der Waals surface area contributed by atoms with Crippen LogP contribution in [0.15, 0.2) is 77.6 Å². The summed E-state index contributed by atoms with van der Waals surface area (Å²) in [7, 11) is 0. The molecule has 1 aromatic heterocycles. The lowest BCUT2D eigenvalue weighted by atomic mass is 10.1. The van der Waals surface area contributed by atoms with Crippen molar-refractivity contribution in [2.24, 2.45) is 0 Å². The van der Waals surface area contributed by atoms with E-state index in [1.807, 2.05) is 18.2 Å².